The van der Waals surface area contributed by atoms with Crippen LogP contribution in [0.25, 0.3) is 0 Å². The van der Waals surface area contributed by atoms with Crippen molar-refractivity contribution < 1.29 is 9.90 Å². The van der Waals surface area contributed by atoms with Crippen LogP contribution in [0.1, 0.15) is 10.4 Å². The second kappa shape index (κ2) is 6.25. The molecule has 4 heteroatoms. The van der Waals surface area contributed by atoms with Gasteiger partial charge in [-0.3, -0.25) is 0 Å². The Morgan fingerprint density at radius 2 is 1.94 bits per heavy atom. The quantitative estimate of drug-likeness (QED) is 0.819. The molecule has 0 amide bonds. The topological polar surface area (TPSA) is 40.5 Å². The van der Waals surface area contributed by atoms with Crippen molar-refractivity contribution in [1.82, 2.24) is 0 Å². The van der Waals surface area contributed by atoms with Crippen LogP contribution in [0, 0.1) is 0 Å². The monoisotopic (exact) mass is 295 g/mol. The van der Waals surface area contributed by atoms with E-state index in [9.17, 15) is 9.90 Å². The third-order valence-corrected chi connectivity index (χ3v) is 2.91. The molecule has 0 aliphatic rings. The Labute approximate surface area is 109 Å². The standard InChI is InChI=1S/C13H14BrNO2/c1-3-8-15(9-4-2)11-7-5-6-10(14)12(11)13(16)17/h3-7H,1-2,8-9H2,(H,16,17). The highest BCUT2D eigenvalue weighted by Crippen LogP contribution is 2.27. The zero-order valence-corrected chi connectivity index (χ0v) is 11.0. The zero-order chi connectivity index (χ0) is 12.8. The molecule has 0 saturated carbocycles. The number of carbonyl (C=O) groups is 1. The number of hydrogen-bond acceptors (Lipinski definition) is 2. The van der Waals surface area contributed by atoms with Gasteiger partial charge in [0.1, 0.15) is 0 Å². The van der Waals surface area contributed by atoms with Crippen LogP contribution in [-0.4, -0.2) is 24.2 Å². The predicted molar refractivity (Wildman–Crippen MR) is 73.7 cm³/mol. The molecule has 1 aromatic carbocycles. The summed E-state index contributed by atoms with van der Waals surface area (Å²) in [4.78, 5) is 13.1. The molecule has 0 fully saturated rings. The minimum atomic E-state index is -0.953. The summed E-state index contributed by atoms with van der Waals surface area (Å²) < 4.78 is 0.570. The summed E-state index contributed by atoms with van der Waals surface area (Å²) in [5.74, 6) is -0.953. The Morgan fingerprint density at radius 3 is 2.41 bits per heavy atom. The molecule has 0 unspecified atom stereocenters. The average Bonchev–Trinajstić information content (AvgIpc) is 2.28. The molecular formula is C13H14BrNO2. The van der Waals surface area contributed by atoms with Crippen molar-refractivity contribution in [3.05, 3.63) is 53.5 Å². The highest BCUT2D eigenvalue weighted by molar-refractivity contribution is 9.10. The van der Waals surface area contributed by atoms with E-state index < -0.39 is 5.97 Å². The number of carboxylic acids is 1. The lowest BCUT2D eigenvalue weighted by Gasteiger charge is -2.23. The van der Waals surface area contributed by atoms with E-state index in [0.717, 1.165) is 0 Å². The van der Waals surface area contributed by atoms with Crippen LogP contribution < -0.4 is 4.90 Å². The second-order valence-electron chi connectivity index (χ2n) is 3.42. The minimum absolute atomic E-state index is 0.260. The summed E-state index contributed by atoms with van der Waals surface area (Å²) in [5.41, 5.74) is 0.919. The summed E-state index contributed by atoms with van der Waals surface area (Å²) in [6.45, 7) is 8.48. The first-order chi connectivity index (χ1) is 8.11. The molecular weight excluding hydrogens is 282 g/mol. The van der Waals surface area contributed by atoms with Gasteiger partial charge in [0.05, 0.1) is 11.3 Å². The van der Waals surface area contributed by atoms with Crippen LogP contribution >= 0.6 is 15.9 Å². The highest BCUT2D eigenvalue weighted by Gasteiger charge is 2.17. The van der Waals surface area contributed by atoms with E-state index in [4.69, 9.17) is 0 Å². The predicted octanol–water partition coefficient (Wildman–Crippen LogP) is 3.33. The smallest absolute Gasteiger partial charge is 0.338 e. The maximum absolute atomic E-state index is 11.2. The number of carboxylic acid groups (broad SMARTS) is 1. The third kappa shape index (κ3) is 3.20. The van der Waals surface area contributed by atoms with Crippen molar-refractivity contribution in [3.8, 4) is 0 Å². The second-order valence-corrected chi connectivity index (χ2v) is 4.28. The maximum Gasteiger partial charge on any atom is 0.338 e. The molecule has 3 nitrogen and oxygen atoms in total. The van der Waals surface area contributed by atoms with Crippen LogP contribution in [0.2, 0.25) is 0 Å². The van der Waals surface area contributed by atoms with Gasteiger partial charge in [0.25, 0.3) is 0 Å². The Balaban J connectivity index is 3.26. The van der Waals surface area contributed by atoms with Crippen molar-refractivity contribution in [1.29, 1.82) is 0 Å². The summed E-state index contributed by atoms with van der Waals surface area (Å²) in [6, 6.07) is 5.30. The molecule has 0 saturated heterocycles. The molecule has 1 aromatic rings. The SMILES string of the molecule is C=CCN(CC=C)c1cccc(Br)c1C(=O)O. The van der Waals surface area contributed by atoms with Gasteiger partial charge in [-0.25, -0.2) is 4.79 Å². The van der Waals surface area contributed by atoms with E-state index in [1.165, 1.54) is 0 Å². The Hall–Kier alpha value is -1.55. The van der Waals surface area contributed by atoms with Gasteiger partial charge in [-0.2, -0.15) is 0 Å². The molecule has 1 N–H and O–H groups in total. The normalized spacial score (nSPS) is 9.71. The molecule has 0 aliphatic heterocycles. The van der Waals surface area contributed by atoms with Crippen LogP contribution in [0.3, 0.4) is 0 Å². The lowest BCUT2D eigenvalue weighted by molar-refractivity contribution is 0.0696. The van der Waals surface area contributed by atoms with Crippen LogP contribution in [0.15, 0.2) is 48.0 Å². The Kier molecular flexibility index (Phi) is 4.97. The highest BCUT2D eigenvalue weighted by atomic mass is 79.9. The van der Waals surface area contributed by atoms with E-state index >= 15 is 0 Å². The fourth-order valence-corrected chi connectivity index (χ4v) is 2.10. The van der Waals surface area contributed by atoms with Gasteiger partial charge < -0.3 is 10.0 Å². The minimum Gasteiger partial charge on any atom is -0.478 e. The van der Waals surface area contributed by atoms with Gasteiger partial charge in [-0.15, -0.1) is 13.2 Å². The molecule has 0 bridgehead atoms. The molecule has 0 atom stereocenters. The van der Waals surface area contributed by atoms with E-state index in [2.05, 4.69) is 29.1 Å². The van der Waals surface area contributed by atoms with Gasteiger partial charge >= 0.3 is 5.97 Å². The van der Waals surface area contributed by atoms with E-state index in [0.29, 0.717) is 23.2 Å². The van der Waals surface area contributed by atoms with Crippen LogP contribution in [0.5, 0.6) is 0 Å². The lowest BCUT2D eigenvalue weighted by atomic mass is 10.1. The summed E-state index contributed by atoms with van der Waals surface area (Å²) in [7, 11) is 0. The molecule has 0 radical (unpaired) electrons. The largest absolute Gasteiger partial charge is 0.478 e. The van der Waals surface area contributed by atoms with Gasteiger partial charge in [0.2, 0.25) is 0 Å². The van der Waals surface area contributed by atoms with Crippen molar-refractivity contribution in [3.63, 3.8) is 0 Å². The molecule has 0 aromatic heterocycles. The molecule has 0 aliphatic carbocycles. The first-order valence-electron chi connectivity index (χ1n) is 5.10. The number of rotatable bonds is 6. The molecule has 0 spiro atoms. The first-order valence-corrected chi connectivity index (χ1v) is 5.89. The fourth-order valence-electron chi connectivity index (χ4n) is 1.57. The Morgan fingerprint density at radius 1 is 1.35 bits per heavy atom. The Bertz CT molecular complexity index is 433. The van der Waals surface area contributed by atoms with Gasteiger partial charge in [0, 0.05) is 17.6 Å². The number of hydrogen-bond donors (Lipinski definition) is 1. The summed E-state index contributed by atoms with van der Waals surface area (Å²) in [6.07, 6.45) is 3.46. The van der Waals surface area contributed by atoms with Gasteiger partial charge in [0.15, 0.2) is 0 Å². The van der Waals surface area contributed by atoms with Crippen molar-refractivity contribution in [2.45, 2.75) is 0 Å². The van der Waals surface area contributed by atoms with E-state index in [1.807, 2.05) is 11.0 Å². The fraction of sp³-hybridized carbons (Fsp3) is 0.154. The molecule has 17 heavy (non-hydrogen) atoms. The van der Waals surface area contributed by atoms with Gasteiger partial charge in [-0.05, 0) is 28.1 Å². The summed E-state index contributed by atoms with van der Waals surface area (Å²) in [5, 5.41) is 9.22. The van der Waals surface area contributed by atoms with Crippen LogP contribution in [0.4, 0.5) is 5.69 Å². The number of halogens is 1. The van der Waals surface area contributed by atoms with Crippen LogP contribution in [-0.2, 0) is 0 Å². The molecule has 1 rings (SSSR count). The molecule has 0 heterocycles. The van der Waals surface area contributed by atoms with Gasteiger partial charge in [-0.1, -0.05) is 18.2 Å². The van der Waals surface area contributed by atoms with Crippen molar-refractivity contribution in [2.75, 3.05) is 18.0 Å². The zero-order valence-electron chi connectivity index (χ0n) is 9.40. The summed E-state index contributed by atoms with van der Waals surface area (Å²) >= 11 is 3.26. The average molecular weight is 296 g/mol. The number of aromatic carboxylic acids is 1. The molecule has 90 valence electrons. The van der Waals surface area contributed by atoms with Crippen molar-refractivity contribution >= 4 is 27.6 Å². The van der Waals surface area contributed by atoms with E-state index in [-0.39, 0.29) is 5.56 Å². The van der Waals surface area contributed by atoms with Crippen molar-refractivity contribution in [2.24, 2.45) is 0 Å². The first kappa shape index (κ1) is 13.5. The van der Waals surface area contributed by atoms with E-state index in [1.54, 1.807) is 24.3 Å². The third-order valence-electron chi connectivity index (χ3n) is 2.25. The number of benzene rings is 1. The maximum atomic E-state index is 11.2. The number of anilines is 1. The number of nitrogens with zero attached hydrogens (tertiary/aromatic N) is 1. The lowest BCUT2D eigenvalue weighted by Crippen LogP contribution is -2.25.